The van der Waals surface area contributed by atoms with Gasteiger partial charge in [-0.05, 0) is 51.1 Å². The van der Waals surface area contributed by atoms with Crippen molar-refractivity contribution in [3.05, 3.63) is 24.3 Å². The summed E-state index contributed by atoms with van der Waals surface area (Å²) in [5.41, 5.74) is 6.97. The Morgan fingerprint density at radius 1 is 1.08 bits per heavy atom. The highest BCUT2D eigenvalue weighted by atomic mass is 16.2. The Labute approximate surface area is 143 Å². The standard InChI is InChI=1S/C18H28N4O2/c1-14(19)11-17(23)20-15-7-6-8-16(12-15)21-18(24)13-22-9-4-2-3-5-10-22/h6-8,12,14H,2-5,9-11,13,19H2,1H3,(H,20,23)(H,21,24). The summed E-state index contributed by atoms with van der Waals surface area (Å²) in [6.45, 7) is 4.18. The first kappa shape index (κ1) is 18.4. The number of carbonyl (C=O) groups excluding carboxylic acids is 2. The number of hydrogen-bond donors (Lipinski definition) is 3. The first-order chi connectivity index (χ1) is 11.5. The molecule has 0 bridgehead atoms. The van der Waals surface area contributed by atoms with E-state index < -0.39 is 0 Å². The van der Waals surface area contributed by atoms with Gasteiger partial charge in [0.2, 0.25) is 11.8 Å². The van der Waals surface area contributed by atoms with Gasteiger partial charge in [0.1, 0.15) is 0 Å². The monoisotopic (exact) mass is 332 g/mol. The van der Waals surface area contributed by atoms with Crippen molar-refractivity contribution in [3.63, 3.8) is 0 Å². The van der Waals surface area contributed by atoms with Gasteiger partial charge in [-0.25, -0.2) is 0 Å². The number of anilines is 2. The van der Waals surface area contributed by atoms with E-state index in [1.54, 1.807) is 19.1 Å². The van der Waals surface area contributed by atoms with Gasteiger partial charge >= 0.3 is 0 Å². The minimum Gasteiger partial charge on any atom is -0.327 e. The summed E-state index contributed by atoms with van der Waals surface area (Å²) < 4.78 is 0. The molecule has 6 heteroatoms. The van der Waals surface area contributed by atoms with Gasteiger partial charge in [0.25, 0.3) is 0 Å². The predicted molar refractivity (Wildman–Crippen MR) is 96.9 cm³/mol. The fourth-order valence-electron chi connectivity index (χ4n) is 2.88. The van der Waals surface area contributed by atoms with Crippen LogP contribution in [0.1, 0.15) is 39.0 Å². The van der Waals surface area contributed by atoms with E-state index in [4.69, 9.17) is 5.73 Å². The van der Waals surface area contributed by atoms with Crippen molar-refractivity contribution in [1.29, 1.82) is 0 Å². The second kappa shape index (κ2) is 9.39. The third-order valence-electron chi connectivity index (χ3n) is 4.00. The Hall–Kier alpha value is -1.92. The lowest BCUT2D eigenvalue weighted by atomic mass is 10.2. The Morgan fingerprint density at radius 2 is 1.67 bits per heavy atom. The molecule has 1 aromatic rings. The molecule has 1 saturated heterocycles. The Morgan fingerprint density at radius 3 is 2.25 bits per heavy atom. The van der Waals surface area contributed by atoms with E-state index in [0.29, 0.717) is 17.9 Å². The summed E-state index contributed by atoms with van der Waals surface area (Å²) in [5.74, 6) is -0.144. The minimum absolute atomic E-state index is 0.0176. The zero-order valence-electron chi connectivity index (χ0n) is 14.4. The van der Waals surface area contributed by atoms with Crippen LogP contribution in [-0.2, 0) is 9.59 Å². The van der Waals surface area contributed by atoms with Gasteiger partial charge in [0.05, 0.1) is 6.54 Å². The van der Waals surface area contributed by atoms with Crippen LogP contribution in [-0.4, -0.2) is 42.4 Å². The van der Waals surface area contributed by atoms with Crippen molar-refractivity contribution in [3.8, 4) is 0 Å². The molecule has 1 aliphatic rings. The number of hydrogen-bond acceptors (Lipinski definition) is 4. The normalized spacial score (nSPS) is 16.9. The molecule has 1 aromatic carbocycles. The molecule has 2 rings (SSSR count). The molecule has 1 atom stereocenters. The molecule has 0 saturated carbocycles. The van der Waals surface area contributed by atoms with E-state index in [0.717, 1.165) is 25.9 Å². The maximum atomic E-state index is 12.2. The van der Waals surface area contributed by atoms with Crippen LogP contribution < -0.4 is 16.4 Å². The summed E-state index contributed by atoms with van der Waals surface area (Å²) in [7, 11) is 0. The maximum Gasteiger partial charge on any atom is 0.238 e. The van der Waals surface area contributed by atoms with Gasteiger partial charge < -0.3 is 16.4 Å². The van der Waals surface area contributed by atoms with Gasteiger partial charge in [-0.1, -0.05) is 18.9 Å². The second-order valence-electron chi connectivity index (χ2n) is 6.55. The van der Waals surface area contributed by atoms with Crippen molar-refractivity contribution in [2.24, 2.45) is 5.73 Å². The molecular weight excluding hydrogens is 304 g/mol. The molecule has 6 nitrogen and oxygen atoms in total. The van der Waals surface area contributed by atoms with Crippen molar-refractivity contribution < 1.29 is 9.59 Å². The average molecular weight is 332 g/mol. The topological polar surface area (TPSA) is 87.5 Å². The quantitative estimate of drug-likeness (QED) is 0.745. The smallest absolute Gasteiger partial charge is 0.238 e. The number of nitrogens with two attached hydrogens (primary N) is 1. The molecule has 0 spiro atoms. The van der Waals surface area contributed by atoms with Crippen LogP contribution in [0.15, 0.2) is 24.3 Å². The third-order valence-corrected chi connectivity index (χ3v) is 4.00. The largest absolute Gasteiger partial charge is 0.327 e. The van der Waals surface area contributed by atoms with Gasteiger partial charge in [0.15, 0.2) is 0 Å². The van der Waals surface area contributed by atoms with Crippen molar-refractivity contribution in [2.45, 2.75) is 45.1 Å². The highest BCUT2D eigenvalue weighted by Gasteiger charge is 2.13. The number of amides is 2. The number of carbonyl (C=O) groups is 2. The number of rotatable bonds is 6. The van der Waals surface area contributed by atoms with Gasteiger partial charge in [-0.2, -0.15) is 0 Å². The third kappa shape index (κ3) is 6.68. The first-order valence-corrected chi connectivity index (χ1v) is 8.70. The summed E-state index contributed by atoms with van der Waals surface area (Å²) in [6.07, 6.45) is 5.09. The molecule has 0 aliphatic carbocycles. The van der Waals surface area contributed by atoms with Crippen LogP contribution in [0.5, 0.6) is 0 Å². The van der Waals surface area contributed by atoms with Crippen LogP contribution in [0.2, 0.25) is 0 Å². The summed E-state index contributed by atoms with van der Waals surface area (Å²) >= 11 is 0. The van der Waals surface area contributed by atoms with E-state index >= 15 is 0 Å². The lowest BCUT2D eigenvalue weighted by Gasteiger charge is -2.19. The van der Waals surface area contributed by atoms with Gasteiger partial charge in [-0.15, -0.1) is 0 Å². The molecule has 132 valence electrons. The zero-order valence-corrected chi connectivity index (χ0v) is 14.4. The van der Waals surface area contributed by atoms with Gasteiger partial charge in [0, 0.05) is 23.8 Å². The molecule has 1 aliphatic heterocycles. The molecule has 24 heavy (non-hydrogen) atoms. The van der Waals surface area contributed by atoms with Gasteiger partial charge in [-0.3, -0.25) is 14.5 Å². The predicted octanol–water partition coefficient (Wildman–Crippen LogP) is 2.18. The Balaban J connectivity index is 1.86. The van der Waals surface area contributed by atoms with Crippen molar-refractivity contribution in [2.75, 3.05) is 30.3 Å². The average Bonchev–Trinajstić information content (AvgIpc) is 2.75. The summed E-state index contributed by atoms with van der Waals surface area (Å²) in [5, 5.41) is 5.70. The molecule has 0 radical (unpaired) electrons. The molecular formula is C18H28N4O2. The number of nitrogens with zero attached hydrogens (tertiary/aromatic N) is 1. The lowest BCUT2D eigenvalue weighted by Crippen LogP contribution is -2.33. The van der Waals surface area contributed by atoms with Crippen LogP contribution in [0.4, 0.5) is 11.4 Å². The maximum absolute atomic E-state index is 12.2. The SMILES string of the molecule is CC(N)CC(=O)Nc1cccc(NC(=O)CN2CCCCCC2)c1. The van der Waals surface area contributed by atoms with E-state index in [-0.39, 0.29) is 24.3 Å². The van der Waals surface area contributed by atoms with E-state index in [1.807, 2.05) is 12.1 Å². The highest BCUT2D eigenvalue weighted by Crippen LogP contribution is 2.16. The molecule has 1 fully saturated rings. The van der Waals surface area contributed by atoms with Crippen LogP contribution in [0, 0.1) is 0 Å². The summed E-state index contributed by atoms with van der Waals surface area (Å²) in [4.78, 5) is 26.2. The lowest BCUT2D eigenvalue weighted by molar-refractivity contribution is -0.117. The second-order valence-corrected chi connectivity index (χ2v) is 6.55. The number of likely N-dealkylation sites (tertiary alicyclic amines) is 1. The number of benzene rings is 1. The molecule has 2 amide bonds. The fourth-order valence-corrected chi connectivity index (χ4v) is 2.88. The van der Waals surface area contributed by atoms with Crippen LogP contribution in [0.3, 0.4) is 0 Å². The fraction of sp³-hybridized carbons (Fsp3) is 0.556. The summed E-state index contributed by atoms with van der Waals surface area (Å²) in [6, 6.07) is 7.01. The van der Waals surface area contributed by atoms with E-state index in [9.17, 15) is 9.59 Å². The minimum atomic E-state index is -0.179. The zero-order chi connectivity index (χ0) is 17.4. The number of nitrogens with one attached hydrogen (secondary N) is 2. The van der Waals surface area contributed by atoms with Crippen LogP contribution in [0.25, 0.3) is 0 Å². The molecule has 0 aromatic heterocycles. The van der Waals surface area contributed by atoms with Crippen LogP contribution >= 0.6 is 0 Å². The van der Waals surface area contributed by atoms with Crippen molar-refractivity contribution in [1.82, 2.24) is 4.90 Å². The molecule has 1 unspecified atom stereocenters. The molecule has 1 heterocycles. The van der Waals surface area contributed by atoms with Crippen molar-refractivity contribution >= 4 is 23.2 Å². The molecule has 4 N–H and O–H groups in total. The Bertz CT molecular complexity index is 552. The highest BCUT2D eigenvalue weighted by molar-refractivity contribution is 5.95. The van der Waals surface area contributed by atoms with E-state index in [1.165, 1.54) is 12.8 Å². The first-order valence-electron chi connectivity index (χ1n) is 8.70. The van der Waals surface area contributed by atoms with E-state index in [2.05, 4.69) is 15.5 Å². The Kier molecular flexibility index (Phi) is 7.21.